The molecule has 0 aliphatic rings. The molecule has 0 aromatic rings. The van der Waals surface area contributed by atoms with E-state index in [1.165, 1.54) is 44.9 Å². The highest BCUT2D eigenvalue weighted by Crippen LogP contribution is 2.43. The van der Waals surface area contributed by atoms with Crippen LogP contribution in [0.1, 0.15) is 142 Å². The minimum Gasteiger partial charge on any atom is -0.480 e. The summed E-state index contributed by atoms with van der Waals surface area (Å²) in [6, 6.07) is -1.53. The molecule has 0 aliphatic heterocycles. The van der Waals surface area contributed by atoms with Gasteiger partial charge in [-0.25, -0.2) is 4.57 Å². The number of carbonyl (C=O) groups excluding carboxylic acids is 2. The average Bonchev–Trinajstić information content (AvgIpc) is 3.09. The van der Waals surface area contributed by atoms with Gasteiger partial charge in [-0.3, -0.25) is 23.4 Å². The number of phosphoric ester groups is 1. The van der Waals surface area contributed by atoms with E-state index < -0.39 is 51.1 Å². The molecule has 288 valence electrons. The number of ether oxygens (including phenoxy) is 2. The van der Waals surface area contributed by atoms with Gasteiger partial charge in [0.05, 0.1) is 13.2 Å². The van der Waals surface area contributed by atoms with Crippen LogP contribution in [0.4, 0.5) is 0 Å². The molecule has 4 N–H and O–H groups in total. The molecule has 0 saturated heterocycles. The van der Waals surface area contributed by atoms with Crippen molar-refractivity contribution in [1.82, 2.24) is 0 Å². The van der Waals surface area contributed by atoms with Crippen LogP contribution in [0.5, 0.6) is 0 Å². The summed E-state index contributed by atoms with van der Waals surface area (Å²) in [6.07, 6.45) is 34.8. The van der Waals surface area contributed by atoms with Crippen molar-refractivity contribution in [2.24, 2.45) is 5.73 Å². The van der Waals surface area contributed by atoms with Crippen LogP contribution in [0.3, 0.4) is 0 Å². The van der Waals surface area contributed by atoms with Gasteiger partial charge < -0.3 is 25.2 Å². The number of hydrogen-bond donors (Lipinski definition) is 3. The standard InChI is InChI=1S/C38H66NO10P/c1-3-5-7-9-11-13-15-16-17-18-20-22-24-26-28-30-37(41)49-34(32-47-50(44,45)48-33-35(39)38(42)43)31-46-36(40)29-27-25-23-21-19-14-12-10-8-6-4-2/h5,7,11,13,16-17,20,22,34-35H,3-4,6,8-10,12,14-15,18-19,21,23-33,39H2,1-2H3,(H,42,43)(H,44,45)/b7-5-,13-11-,17-16-,22-20-/t34-,35+/m1/s1. The third-order valence-corrected chi connectivity index (χ3v) is 8.54. The SMILES string of the molecule is CC/C=C\C/C=C\C/C=C\C/C=C\CCCCC(=O)O[C@H](COC(=O)CCCCCCCCCCCCC)COP(=O)(O)OC[C@H](N)C(=O)O. The van der Waals surface area contributed by atoms with Crippen LogP contribution in [0.15, 0.2) is 48.6 Å². The van der Waals surface area contributed by atoms with Crippen molar-refractivity contribution in [3.05, 3.63) is 48.6 Å². The van der Waals surface area contributed by atoms with Crippen LogP contribution in [0.2, 0.25) is 0 Å². The Hall–Kier alpha value is -2.56. The van der Waals surface area contributed by atoms with E-state index in [4.69, 9.17) is 24.8 Å². The number of allylic oxidation sites excluding steroid dienone is 8. The van der Waals surface area contributed by atoms with Gasteiger partial charge in [0.15, 0.2) is 6.10 Å². The molecule has 0 aromatic heterocycles. The number of phosphoric acid groups is 1. The molecule has 0 heterocycles. The lowest BCUT2D eigenvalue weighted by atomic mass is 10.1. The number of nitrogens with two attached hydrogens (primary N) is 1. The predicted molar refractivity (Wildman–Crippen MR) is 198 cm³/mol. The topological polar surface area (TPSA) is 172 Å². The molecule has 0 radical (unpaired) electrons. The maximum absolute atomic E-state index is 12.5. The quantitative estimate of drug-likeness (QED) is 0.0250. The maximum Gasteiger partial charge on any atom is 0.472 e. The summed E-state index contributed by atoms with van der Waals surface area (Å²) in [6.45, 7) is 2.61. The minimum absolute atomic E-state index is 0.109. The molecule has 1 unspecified atom stereocenters. The highest BCUT2D eigenvalue weighted by molar-refractivity contribution is 7.47. The van der Waals surface area contributed by atoms with Crippen LogP contribution < -0.4 is 5.73 Å². The third-order valence-electron chi connectivity index (χ3n) is 7.59. The fraction of sp³-hybridized carbons (Fsp3) is 0.711. The molecule has 0 aromatic carbocycles. The first-order chi connectivity index (χ1) is 24.1. The second-order valence-corrected chi connectivity index (χ2v) is 13.8. The molecule has 0 amide bonds. The van der Waals surface area contributed by atoms with Gasteiger partial charge in [-0.2, -0.15) is 0 Å². The zero-order valence-corrected chi connectivity index (χ0v) is 31.6. The Balaban J connectivity index is 4.54. The molecule has 11 nitrogen and oxygen atoms in total. The van der Waals surface area contributed by atoms with Crippen LogP contribution in [0, 0.1) is 0 Å². The number of carboxylic acid groups (broad SMARTS) is 1. The monoisotopic (exact) mass is 727 g/mol. The van der Waals surface area contributed by atoms with Gasteiger partial charge in [0, 0.05) is 12.8 Å². The largest absolute Gasteiger partial charge is 0.480 e. The van der Waals surface area contributed by atoms with E-state index >= 15 is 0 Å². The summed E-state index contributed by atoms with van der Waals surface area (Å²) in [5.41, 5.74) is 5.31. The summed E-state index contributed by atoms with van der Waals surface area (Å²) >= 11 is 0. The number of aliphatic carboxylic acids is 1. The molecule has 0 saturated carbocycles. The zero-order chi connectivity index (χ0) is 37.1. The third kappa shape index (κ3) is 32.6. The van der Waals surface area contributed by atoms with Gasteiger partial charge in [0.2, 0.25) is 0 Å². The van der Waals surface area contributed by atoms with E-state index in [0.717, 1.165) is 57.8 Å². The molecule has 0 spiro atoms. The molecule has 3 atom stereocenters. The fourth-order valence-electron chi connectivity index (χ4n) is 4.64. The van der Waals surface area contributed by atoms with Crippen molar-refractivity contribution >= 4 is 25.7 Å². The van der Waals surface area contributed by atoms with Crippen molar-refractivity contribution in [3.63, 3.8) is 0 Å². The predicted octanol–water partition coefficient (Wildman–Crippen LogP) is 9.05. The lowest BCUT2D eigenvalue weighted by Gasteiger charge is -2.20. The van der Waals surface area contributed by atoms with Crippen molar-refractivity contribution in [2.45, 2.75) is 154 Å². The second kappa shape index (κ2) is 33.6. The first-order valence-electron chi connectivity index (χ1n) is 18.7. The van der Waals surface area contributed by atoms with Gasteiger partial charge in [0.1, 0.15) is 12.6 Å². The number of esters is 2. The maximum atomic E-state index is 12.5. The lowest BCUT2D eigenvalue weighted by Crippen LogP contribution is -2.34. The van der Waals surface area contributed by atoms with Crippen molar-refractivity contribution in [1.29, 1.82) is 0 Å². The lowest BCUT2D eigenvalue weighted by molar-refractivity contribution is -0.161. The Bertz CT molecular complexity index is 1040. The number of carboxylic acids is 1. The van der Waals surface area contributed by atoms with Crippen molar-refractivity contribution < 1.29 is 47.5 Å². The second-order valence-electron chi connectivity index (χ2n) is 12.3. The van der Waals surface area contributed by atoms with Crippen LogP contribution in [-0.2, 0) is 37.5 Å². The molecule has 0 rings (SSSR count). The highest BCUT2D eigenvalue weighted by atomic mass is 31.2. The molecule has 0 fully saturated rings. The molecule has 0 aliphatic carbocycles. The van der Waals surface area contributed by atoms with Gasteiger partial charge in [0.25, 0.3) is 0 Å². The minimum atomic E-state index is -4.72. The number of rotatable bonds is 34. The van der Waals surface area contributed by atoms with Crippen LogP contribution in [-0.4, -0.2) is 59.9 Å². The van der Waals surface area contributed by atoms with E-state index in [-0.39, 0.29) is 19.4 Å². The number of unbranched alkanes of at least 4 members (excludes halogenated alkanes) is 12. The number of hydrogen-bond acceptors (Lipinski definition) is 9. The summed E-state index contributed by atoms with van der Waals surface area (Å²) in [7, 11) is -4.72. The molecular weight excluding hydrogens is 661 g/mol. The normalized spacial score (nSPS) is 14.5. The Morgan fingerprint density at radius 3 is 1.68 bits per heavy atom. The summed E-state index contributed by atoms with van der Waals surface area (Å²) in [4.78, 5) is 45.7. The van der Waals surface area contributed by atoms with E-state index in [2.05, 4.69) is 67.0 Å². The average molecular weight is 728 g/mol. The van der Waals surface area contributed by atoms with Crippen LogP contribution >= 0.6 is 7.82 Å². The van der Waals surface area contributed by atoms with Gasteiger partial charge >= 0.3 is 25.7 Å². The molecule has 50 heavy (non-hydrogen) atoms. The Labute approximate surface area is 301 Å². The summed E-state index contributed by atoms with van der Waals surface area (Å²) in [5.74, 6) is -2.44. The molecule has 12 heteroatoms. The van der Waals surface area contributed by atoms with E-state index in [9.17, 15) is 23.8 Å². The van der Waals surface area contributed by atoms with Crippen molar-refractivity contribution in [3.8, 4) is 0 Å². The van der Waals surface area contributed by atoms with Gasteiger partial charge in [-0.05, 0) is 51.4 Å². The first-order valence-corrected chi connectivity index (χ1v) is 20.2. The highest BCUT2D eigenvalue weighted by Gasteiger charge is 2.28. The van der Waals surface area contributed by atoms with Crippen LogP contribution in [0.25, 0.3) is 0 Å². The Kier molecular flexibility index (Phi) is 31.9. The van der Waals surface area contributed by atoms with Crippen molar-refractivity contribution in [2.75, 3.05) is 19.8 Å². The summed E-state index contributed by atoms with van der Waals surface area (Å²) < 4.78 is 32.5. The van der Waals surface area contributed by atoms with Gasteiger partial charge in [-0.1, -0.05) is 127 Å². The van der Waals surface area contributed by atoms with E-state index in [0.29, 0.717) is 12.8 Å². The number of carbonyl (C=O) groups is 3. The van der Waals surface area contributed by atoms with Gasteiger partial charge in [-0.15, -0.1) is 0 Å². The fourth-order valence-corrected chi connectivity index (χ4v) is 5.42. The van der Waals surface area contributed by atoms with E-state index in [1.807, 2.05) is 0 Å². The Morgan fingerprint density at radius 2 is 1.12 bits per heavy atom. The molecule has 0 bridgehead atoms. The smallest absolute Gasteiger partial charge is 0.472 e. The zero-order valence-electron chi connectivity index (χ0n) is 30.7. The Morgan fingerprint density at radius 1 is 0.640 bits per heavy atom. The first kappa shape index (κ1) is 47.4. The molecular formula is C38H66NO10P. The van der Waals surface area contributed by atoms with E-state index in [1.54, 1.807) is 0 Å². The summed E-state index contributed by atoms with van der Waals surface area (Å²) in [5, 5.41) is 8.85.